The highest BCUT2D eigenvalue weighted by Gasteiger charge is 2.11. The van der Waals surface area contributed by atoms with Crippen molar-refractivity contribution in [1.82, 2.24) is 0 Å². The quantitative estimate of drug-likeness (QED) is 0.643. The number of rotatable bonds is 3. The molecule has 12 heavy (non-hydrogen) atoms. The third kappa shape index (κ3) is 2.98. The Bertz CT molecular complexity index is 160. The first-order valence-electron chi connectivity index (χ1n) is 5.17. The summed E-state index contributed by atoms with van der Waals surface area (Å²) in [6, 6.07) is 0.345. The number of nitrogens with two attached hydrogens (primary N) is 1. The minimum absolute atomic E-state index is 0.345. The summed E-state index contributed by atoms with van der Waals surface area (Å²) in [5, 5.41) is 0. The van der Waals surface area contributed by atoms with Gasteiger partial charge >= 0.3 is 0 Å². The van der Waals surface area contributed by atoms with Gasteiger partial charge in [0.1, 0.15) is 0 Å². The summed E-state index contributed by atoms with van der Waals surface area (Å²) in [6.45, 7) is 4.58. The Kier molecular flexibility index (Phi) is 3.80. The van der Waals surface area contributed by atoms with E-state index >= 15 is 0 Å². The van der Waals surface area contributed by atoms with Crippen LogP contribution in [0.15, 0.2) is 11.6 Å². The lowest BCUT2D eigenvalue weighted by molar-refractivity contribution is 0.520. The standard InChI is InChI=1S/C11H21N/c1-3-9(2)7-10-5-4-6-11(12)8-10/h8-9,11H,3-7,12H2,1-2H3. The Morgan fingerprint density at radius 1 is 1.67 bits per heavy atom. The Labute approximate surface area is 76.0 Å². The normalized spacial score (nSPS) is 26.6. The van der Waals surface area contributed by atoms with Gasteiger partial charge in [-0.3, -0.25) is 0 Å². The molecule has 0 aromatic carbocycles. The summed E-state index contributed by atoms with van der Waals surface area (Å²) in [5.41, 5.74) is 7.47. The third-order valence-electron chi connectivity index (χ3n) is 2.79. The van der Waals surface area contributed by atoms with Gasteiger partial charge in [0.25, 0.3) is 0 Å². The van der Waals surface area contributed by atoms with Gasteiger partial charge in [0.05, 0.1) is 0 Å². The molecule has 0 aliphatic heterocycles. The molecule has 1 nitrogen and oxygen atoms in total. The van der Waals surface area contributed by atoms with Gasteiger partial charge in [-0.25, -0.2) is 0 Å². The van der Waals surface area contributed by atoms with Crippen molar-refractivity contribution < 1.29 is 0 Å². The number of hydrogen-bond donors (Lipinski definition) is 1. The Morgan fingerprint density at radius 2 is 2.42 bits per heavy atom. The predicted molar refractivity (Wildman–Crippen MR) is 54.0 cm³/mol. The van der Waals surface area contributed by atoms with Crippen molar-refractivity contribution in [1.29, 1.82) is 0 Å². The molecule has 0 bridgehead atoms. The van der Waals surface area contributed by atoms with E-state index in [0.29, 0.717) is 6.04 Å². The topological polar surface area (TPSA) is 26.0 Å². The van der Waals surface area contributed by atoms with Crippen LogP contribution >= 0.6 is 0 Å². The lowest BCUT2D eigenvalue weighted by Gasteiger charge is -2.19. The highest BCUT2D eigenvalue weighted by Crippen LogP contribution is 2.24. The monoisotopic (exact) mass is 167 g/mol. The van der Waals surface area contributed by atoms with Crippen LogP contribution in [0.2, 0.25) is 0 Å². The van der Waals surface area contributed by atoms with Crippen LogP contribution in [0.25, 0.3) is 0 Å². The van der Waals surface area contributed by atoms with Crippen LogP contribution in [0.3, 0.4) is 0 Å². The van der Waals surface area contributed by atoms with Crippen molar-refractivity contribution in [3.05, 3.63) is 11.6 Å². The van der Waals surface area contributed by atoms with Crippen molar-refractivity contribution in [2.24, 2.45) is 11.7 Å². The molecule has 0 amide bonds. The first-order valence-corrected chi connectivity index (χ1v) is 5.17. The van der Waals surface area contributed by atoms with Crippen LogP contribution in [0.5, 0.6) is 0 Å². The summed E-state index contributed by atoms with van der Waals surface area (Å²) in [7, 11) is 0. The highest BCUT2D eigenvalue weighted by molar-refractivity contribution is 5.10. The molecule has 2 atom stereocenters. The molecule has 0 spiro atoms. The van der Waals surface area contributed by atoms with Gasteiger partial charge in [-0.2, -0.15) is 0 Å². The van der Waals surface area contributed by atoms with Gasteiger partial charge < -0.3 is 5.73 Å². The van der Waals surface area contributed by atoms with E-state index in [9.17, 15) is 0 Å². The van der Waals surface area contributed by atoms with E-state index < -0.39 is 0 Å². The first kappa shape index (κ1) is 9.79. The van der Waals surface area contributed by atoms with Gasteiger partial charge in [0.2, 0.25) is 0 Å². The molecule has 0 aromatic heterocycles. The molecule has 1 heteroatoms. The zero-order chi connectivity index (χ0) is 8.97. The summed E-state index contributed by atoms with van der Waals surface area (Å²) < 4.78 is 0. The van der Waals surface area contributed by atoms with E-state index in [2.05, 4.69) is 19.9 Å². The van der Waals surface area contributed by atoms with Crippen LogP contribution in [0.4, 0.5) is 0 Å². The summed E-state index contributed by atoms with van der Waals surface area (Å²) in [6.07, 6.45) is 8.61. The van der Waals surface area contributed by atoms with Crippen molar-refractivity contribution in [3.8, 4) is 0 Å². The fourth-order valence-corrected chi connectivity index (χ4v) is 1.80. The fourth-order valence-electron chi connectivity index (χ4n) is 1.80. The lowest BCUT2D eigenvalue weighted by atomic mass is 9.89. The SMILES string of the molecule is CCC(C)CC1=CC(N)CCC1. The molecule has 1 aliphatic rings. The molecule has 0 saturated heterocycles. The second kappa shape index (κ2) is 4.66. The largest absolute Gasteiger partial charge is 0.324 e. The minimum atomic E-state index is 0.345. The lowest BCUT2D eigenvalue weighted by Crippen LogP contribution is -2.20. The second-order valence-corrected chi connectivity index (χ2v) is 4.10. The smallest absolute Gasteiger partial charge is 0.0226 e. The molecule has 2 unspecified atom stereocenters. The van der Waals surface area contributed by atoms with Gasteiger partial charge in [-0.05, 0) is 31.6 Å². The van der Waals surface area contributed by atoms with Crippen LogP contribution in [0.1, 0.15) is 46.0 Å². The molecule has 2 N–H and O–H groups in total. The molecule has 0 saturated carbocycles. The molecular weight excluding hydrogens is 146 g/mol. The van der Waals surface area contributed by atoms with Gasteiger partial charge in [0, 0.05) is 6.04 Å². The van der Waals surface area contributed by atoms with Crippen LogP contribution < -0.4 is 5.73 Å². The van der Waals surface area contributed by atoms with Gasteiger partial charge in [-0.15, -0.1) is 0 Å². The Balaban J connectivity index is 2.40. The van der Waals surface area contributed by atoms with E-state index in [1.54, 1.807) is 5.57 Å². The van der Waals surface area contributed by atoms with Crippen molar-refractivity contribution in [3.63, 3.8) is 0 Å². The maximum absolute atomic E-state index is 5.87. The third-order valence-corrected chi connectivity index (χ3v) is 2.79. The van der Waals surface area contributed by atoms with Crippen LogP contribution in [-0.2, 0) is 0 Å². The predicted octanol–water partition coefficient (Wildman–Crippen LogP) is 2.86. The Morgan fingerprint density at radius 3 is 3.00 bits per heavy atom. The average Bonchev–Trinajstić information content (AvgIpc) is 2.04. The average molecular weight is 167 g/mol. The van der Waals surface area contributed by atoms with Crippen molar-refractivity contribution in [2.75, 3.05) is 0 Å². The van der Waals surface area contributed by atoms with E-state index in [0.717, 1.165) is 5.92 Å². The zero-order valence-corrected chi connectivity index (χ0v) is 8.34. The molecule has 0 heterocycles. The molecule has 0 radical (unpaired) electrons. The molecule has 70 valence electrons. The molecule has 0 fully saturated rings. The Hall–Kier alpha value is -0.300. The van der Waals surface area contributed by atoms with Gasteiger partial charge in [0.15, 0.2) is 0 Å². The maximum Gasteiger partial charge on any atom is 0.0226 e. The fraction of sp³-hybridized carbons (Fsp3) is 0.818. The van der Waals surface area contributed by atoms with E-state index in [-0.39, 0.29) is 0 Å². The molecule has 0 aromatic rings. The number of allylic oxidation sites excluding steroid dienone is 1. The summed E-state index contributed by atoms with van der Waals surface area (Å²) in [5.74, 6) is 0.835. The van der Waals surface area contributed by atoms with Gasteiger partial charge in [-0.1, -0.05) is 31.9 Å². The van der Waals surface area contributed by atoms with E-state index in [1.807, 2.05) is 0 Å². The van der Waals surface area contributed by atoms with E-state index in [4.69, 9.17) is 5.73 Å². The number of hydrogen-bond acceptors (Lipinski definition) is 1. The first-order chi connectivity index (χ1) is 5.72. The minimum Gasteiger partial charge on any atom is -0.324 e. The molecule has 1 aliphatic carbocycles. The molecule has 1 rings (SSSR count). The second-order valence-electron chi connectivity index (χ2n) is 4.10. The van der Waals surface area contributed by atoms with Crippen LogP contribution in [-0.4, -0.2) is 6.04 Å². The molecular formula is C11H21N. The summed E-state index contributed by atoms with van der Waals surface area (Å²) in [4.78, 5) is 0. The van der Waals surface area contributed by atoms with E-state index in [1.165, 1.54) is 32.1 Å². The van der Waals surface area contributed by atoms with Crippen molar-refractivity contribution >= 4 is 0 Å². The summed E-state index contributed by atoms with van der Waals surface area (Å²) >= 11 is 0. The maximum atomic E-state index is 5.87. The zero-order valence-electron chi connectivity index (χ0n) is 8.34. The highest BCUT2D eigenvalue weighted by atomic mass is 14.6. The van der Waals surface area contributed by atoms with Crippen molar-refractivity contribution in [2.45, 2.75) is 52.0 Å². The van der Waals surface area contributed by atoms with Crippen LogP contribution in [0, 0.1) is 5.92 Å².